The lowest BCUT2D eigenvalue weighted by Gasteiger charge is -2.44. The standard InChI is InChI=1S/C14H30N2O/c1-4-14(5-2,17-6-3)13(16-15)12-10-8-7-9-11-12/h12-13,16H,4-11,15H2,1-3H3. The Morgan fingerprint density at radius 3 is 2.18 bits per heavy atom. The van der Waals surface area contributed by atoms with Crippen LogP contribution in [0.25, 0.3) is 0 Å². The van der Waals surface area contributed by atoms with Gasteiger partial charge in [-0.3, -0.25) is 11.3 Å². The summed E-state index contributed by atoms with van der Waals surface area (Å²) in [5.74, 6) is 6.52. The van der Waals surface area contributed by atoms with Crippen LogP contribution < -0.4 is 11.3 Å². The molecular formula is C14H30N2O. The van der Waals surface area contributed by atoms with Crippen LogP contribution in [-0.2, 0) is 4.74 Å². The Bertz CT molecular complexity index is 198. The summed E-state index contributed by atoms with van der Waals surface area (Å²) in [5, 5.41) is 0. The molecule has 3 nitrogen and oxygen atoms in total. The van der Waals surface area contributed by atoms with Crippen LogP contribution in [0.15, 0.2) is 0 Å². The Balaban J connectivity index is 2.78. The number of hydrogen-bond donors (Lipinski definition) is 2. The van der Waals surface area contributed by atoms with Gasteiger partial charge in [0, 0.05) is 6.61 Å². The van der Waals surface area contributed by atoms with Crippen molar-refractivity contribution in [1.29, 1.82) is 0 Å². The van der Waals surface area contributed by atoms with Gasteiger partial charge in [0.25, 0.3) is 0 Å². The summed E-state index contributed by atoms with van der Waals surface area (Å²) < 4.78 is 6.09. The fourth-order valence-electron chi connectivity index (χ4n) is 3.46. The van der Waals surface area contributed by atoms with E-state index in [1.54, 1.807) is 0 Å². The Labute approximate surface area is 106 Å². The van der Waals surface area contributed by atoms with E-state index in [-0.39, 0.29) is 5.60 Å². The van der Waals surface area contributed by atoms with Gasteiger partial charge in [0.05, 0.1) is 11.6 Å². The molecule has 0 spiro atoms. The average Bonchev–Trinajstić information content (AvgIpc) is 2.39. The van der Waals surface area contributed by atoms with Crippen molar-refractivity contribution < 1.29 is 4.74 Å². The maximum atomic E-state index is 6.09. The number of hydrazine groups is 1. The number of rotatable bonds is 7. The van der Waals surface area contributed by atoms with E-state index in [1.807, 2.05) is 0 Å². The van der Waals surface area contributed by atoms with Crippen molar-refractivity contribution >= 4 is 0 Å². The van der Waals surface area contributed by atoms with Crippen LogP contribution >= 0.6 is 0 Å². The van der Waals surface area contributed by atoms with Crippen LogP contribution in [0.5, 0.6) is 0 Å². The molecule has 1 fully saturated rings. The second-order valence-electron chi connectivity index (χ2n) is 5.25. The first-order valence-electron chi connectivity index (χ1n) is 7.34. The highest BCUT2D eigenvalue weighted by atomic mass is 16.5. The molecule has 17 heavy (non-hydrogen) atoms. The fourth-order valence-corrected chi connectivity index (χ4v) is 3.46. The van der Waals surface area contributed by atoms with Crippen molar-refractivity contribution in [2.24, 2.45) is 11.8 Å². The minimum Gasteiger partial charge on any atom is -0.374 e. The molecule has 0 radical (unpaired) electrons. The molecule has 0 aliphatic heterocycles. The minimum atomic E-state index is -0.0779. The fraction of sp³-hybridized carbons (Fsp3) is 1.00. The van der Waals surface area contributed by atoms with Crippen LogP contribution in [0.4, 0.5) is 0 Å². The zero-order valence-electron chi connectivity index (χ0n) is 11.8. The summed E-state index contributed by atoms with van der Waals surface area (Å²) in [6.07, 6.45) is 8.73. The van der Waals surface area contributed by atoms with E-state index in [0.29, 0.717) is 12.0 Å². The zero-order valence-corrected chi connectivity index (χ0v) is 11.8. The Morgan fingerprint density at radius 1 is 1.18 bits per heavy atom. The second-order valence-corrected chi connectivity index (χ2v) is 5.25. The molecule has 1 unspecified atom stereocenters. The Hall–Kier alpha value is -0.120. The third kappa shape index (κ3) is 3.43. The number of nitrogens with two attached hydrogens (primary N) is 1. The molecule has 0 aromatic heterocycles. The van der Waals surface area contributed by atoms with Crippen LogP contribution in [0, 0.1) is 5.92 Å². The first-order chi connectivity index (χ1) is 8.24. The van der Waals surface area contributed by atoms with Gasteiger partial charge in [-0.15, -0.1) is 0 Å². The molecule has 1 saturated carbocycles. The van der Waals surface area contributed by atoms with Crippen molar-refractivity contribution in [3.8, 4) is 0 Å². The molecule has 3 N–H and O–H groups in total. The van der Waals surface area contributed by atoms with Crippen molar-refractivity contribution in [2.75, 3.05) is 6.61 Å². The molecule has 0 aromatic carbocycles. The van der Waals surface area contributed by atoms with Crippen molar-refractivity contribution in [2.45, 2.75) is 77.4 Å². The van der Waals surface area contributed by atoms with Crippen molar-refractivity contribution in [1.82, 2.24) is 5.43 Å². The molecule has 102 valence electrons. The summed E-state index contributed by atoms with van der Waals surface area (Å²) in [6, 6.07) is 0.303. The maximum absolute atomic E-state index is 6.09. The molecule has 1 aliphatic rings. The maximum Gasteiger partial charge on any atom is 0.0845 e. The topological polar surface area (TPSA) is 47.3 Å². The summed E-state index contributed by atoms with van der Waals surface area (Å²) in [5.41, 5.74) is 3.00. The van der Waals surface area contributed by atoms with Gasteiger partial charge >= 0.3 is 0 Å². The number of nitrogens with one attached hydrogen (secondary N) is 1. The van der Waals surface area contributed by atoms with Crippen molar-refractivity contribution in [3.63, 3.8) is 0 Å². The molecule has 1 aliphatic carbocycles. The van der Waals surface area contributed by atoms with Crippen LogP contribution in [0.1, 0.15) is 65.7 Å². The van der Waals surface area contributed by atoms with Gasteiger partial charge in [0.1, 0.15) is 0 Å². The molecule has 3 heteroatoms. The molecule has 0 bridgehead atoms. The summed E-state index contributed by atoms with van der Waals surface area (Å²) in [7, 11) is 0. The third-order valence-electron chi connectivity index (χ3n) is 4.50. The van der Waals surface area contributed by atoms with Crippen molar-refractivity contribution in [3.05, 3.63) is 0 Å². The minimum absolute atomic E-state index is 0.0779. The number of ether oxygens (including phenoxy) is 1. The van der Waals surface area contributed by atoms with E-state index in [9.17, 15) is 0 Å². The van der Waals surface area contributed by atoms with E-state index in [0.717, 1.165) is 19.4 Å². The first kappa shape index (κ1) is 14.9. The number of hydrogen-bond acceptors (Lipinski definition) is 3. The predicted molar refractivity (Wildman–Crippen MR) is 72.6 cm³/mol. The highest BCUT2D eigenvalue weighted by Gasteiger charge is 2.40. The largest absolute Gasteiger partial charge is 0.374 e. The SMILES string of the molecule is CCOC(CC)(CC)C(NN)C1CCCCC1. The van der Waals surface area contributed by atoms with Crippen LogP contribution in [0.3, 0.4) is 0 Å². The lowest BCUT2D eigenvalue weighted by atomic mass is 9.74. The van der Waals surface area contributed by atoms with Gasteiger partial charge in [0.2, 0.25) is 0 Å². The van der Waals surface area contributed by atoms with Crippen LogP contribution in [-0.4, -0.2) is 18.2 Å². The predicted octanol–water partition coefficient (Wildman–Crippen LogP) is 2.99. The van der Waals surface area contributed by atoms with Gasteiger partial charge in [0.15, 0.2) is 0 Å². The van der Waals surface area contributed by atoms with Gasteiger partial charge in [-0.05, 0) is 38.5 Å². The van der Waals surface area contributed by atoms with E-state index in [4.69, 9.17) is 10.6 Å². The van der Waals surface area contributed by atoms with Crippen LogP contribution in [0.2, 0.25) is 0 Å². The molecule has 1 atom stereocenters. The normalized spacial score (nSPS) is 20.5. The summed E-state index contributed by atoms with van der Waals surface area (Å²) >= 11 is 0. The highest BCUT2D eigenvalue weighted by molar-refractivity contribution is 4.95. The summed E-state index contributed by atoms with van der Waals surface area (Å²) in [4.78, 5) is 0. The monoisotopic (exact) mass is 242 g/mol. The van der Waals surface area contributed by atoms with E-state index in [1.165, 1.54) is 32.1 Å². The molecular weight excluding hydrogens is 212 g/mol. The van der Waals surface area contributed by atoms with Gasteiger partial charge < -0.3 is 4.74 Å². The van der Waals surface area contributed by atoms with E-state index in [2.05, 4.69) is 26.2 Å². The molecule has 0 amide bonds. The quantitative estimate of drug-likeness (QED) is 0.533. The molecule has 0 aromatic rings. The smallest absolute Gasteiger partial charge is 0.0845 e. The highest BCUT2D eigenvalue weighted by Crippen LogP contribution is 2.35. The Morgan fingerprint density at radius 2 is 1.76 bits per heavy atom. The van der Waals surface area contributed by atoms with Gasteiger partial charge in [-0.25, -0.2) is 0 Å². The molecule has 1 rings (SSSR count). The van der Waals surface area contributed by atoms with Gasteiger partial charge in [-0.2, -0.15) is 0 Å². The van der Waals surface area contributed by atoms with E-state index >= 15 is 0 Å². The van der Waals surface area contributed by atoms with E-state index < -0.39 is 0 Å². The molecule has 0 saturated heterocycles. The average molecular weight is 242 g/mol. The zero-order chi connectivity index (χ0) is 12.7. The summed E-state index contributed by atoms with van der Waals surface area (Å²) in [6.45, 7) is 7.28. The lowest BCUT2D eigenvalue weighted by molar-refractivity contribution is -0.0889. The van der Waals surface area contributed by atoms with Gasteiger partial charge in [-0.1, -0.05) is 33.1 Å². The second kappa shape index (κ2) is 7.34. The lowest BCUT2D eigenvalue weighted by Crippen LogP contribution is -2.58. The first-order valence-corrected chi connectivity index (χ1v) is 7.34. The Kier molecular flexibility index (Phi) is 6.45. The molecule has 0 heterocycles. The third-order valence-corrected chi connectivity index (χ3v) is 4.50.